The maximum absolute atomic E-state index is 12.4. The van der Waals surface area contributed by atoms with Crippen LogP contribution >= 0.6 is 0 Å². The Hall–Kier alpha value is -3.26. The van der Waals surface area contributed by atoms with Gasteiger partial charge in [0.1, 0.15) is 5.82 Å². The van der Waals surface area contributed by atoms with Gasteiger partial charge in [-0.05, 0) is 43.7 Å². The van der Waals surface area contributed by atoms with Gasteiger partial charge in [0.15, 0.2) is 0 Å². The predicted octanol–water partition coefficient (Wildman–Crippen LogP) is 2.86. The summed E-state index contributed by atoms with van der Waals surface area (Å²) in [5.41, 5.74) is 4.15. The number of benzene rings is 1. The number of aromatic nitrogens is 4. The second-order valence-electron chi connectivity index (χ2n) is 7.63. The quantitative estimate of drug-likeness (QED) is 0.656. The lowest BCUT2D eigenvalue weighted by Gasteiger charge is -2.39. The first kappa shape index (κ1) is 20.0. The molecule has 8 heteroatoms. The van der Waals surface area contributed by atoms with Gasteiger partial charge >= 0.3 is 0 Å². The summed E-state index contributed by atoms with van der Waals surface area (Å²) in [5, 5.41) is 11.1. The minimum Gasteiger partial charge on any atom is -0.362 e. The average molecular weight is 406 g/mol. The minimum atomic E-state index is 0.0292. The lowest BCUT2D eigenvalue weighted by Crippen LogP contribution is -2.43. The Morgan fingerprint density at radius 1 is 1.23 bits per heavy atom. The van der Waals surface area contributed by atoms with Gasteiger partial charge in [-0.25, -0.2) is 4.98 Å². The van der Waals surface area contributed by atoms with Gasteiger partial charge < -0.3 is 15.5 Å². The number of hydrogen-bond donors (Lipinski definition) is 2. The molecule has 1 amide bonds. The van der Waals surface area contributed by atoms with Crippen LogP contribution < -0.4 is 15.5 Å². The zero-order valence-electron chi connectivity index (χ0n) is 17.5. The van der Waals surface area contributed by atoms with E-state index in [1.165, 1.54) is 0 Å². The van der Waals surface area contributed by atoms with Gasteiger partial charge in [-0.3, -0.25) is 14.5 Å². The number of amides is 1. The van der Waals surface area contributed by atoms with Crippen molar-refractivity contribution >= 4 is 17.4 Å². The highest BCUT2D eigenvalue weighted by Crippen LogP contribution is 2.40. The molecule has 2 unspecified atom stereocenters. The van der Waals surface area contributed by atoms with Crippen molar-refractivity contribution in [1.29, 1.82) is 0 Å². The Labute approximate surface area is 176 Å². The molecule has 156 valence electrons. The number of nitrogens with one attached hydrogen (secondary N) is 2. The number of nitrogens with zero attached hydrogens (tertiary/aromatic N) is 5. The van der Waals surface area contributed by atoms with Crippen molar-refractivity contribution in [3.8, 4) is 11.1 Å². The lowest BCUT2D eigenvalue weighted by atomic mass is 9.89. The van der Waals surface area contributed by atoms with Crippen LogP contribution in [0.5, 0.6) is 0 Å². The van der Waals surface area contributed by atoms with Gasteiger partial charge in [0.05, 0.1) is 25.0 Å². The van der Waals surface area contributed by atoms with Crippen molar-refractivity contribution in [3.05, 3.63) is 54.7 Å². The van der Waals surface area contributed by atoms with Crippen molar-refractivity contribution in [1.82, 2.24) is 25.1 Å². The van der Waals surface area contributed by atoms with E-state index >= 15 is 0 Å². The molecule has 1 aromatic carbocycles. The van der Waals surface area contributed by atoms with E-state index < -0.39 is 0 Å². The highest BCUT2D eigenvalue weighted by atomic mass is 16.2. The zero-order chi connectivity index (χ0) is 21.1. The largest absolute Gasteiger partial charge is 0.362 e. The predicted molar refractivity (Wildman–Crippen MR) is 117 cm³/mol. The molecule has 3 aromatic rings. The van der Waals surface area contributed by atoms with Crippen LogP contribution in [0.25, 0.3) is 11.1 Å². The number of likely N-dealkylation sites (N-methyl/N-ethyl adjacent to an activating group) is 1. The molecule has 4 rings (SSSR count). The first-order chi connectivity index (χ1) is 14.6. The third-order valence-corrected chi connectivity index (χ3v) is 5.46. The smallest absolute Gasteiger partial charge is 0.224 e. The average Bonchev–Trinajstić information content (AvgIpc) is 3.21. The fraction of sp³-hybridized carbons (Fsp3) is 0.364. The maximum Gasteiger partial charge on any atom is 0.224 e. The summed E-state index contributed by atoms with van der Waals surface area (Å²) in [6.07, 6.45) is 9.78. The van der Waals surface area contributed by atoms with E-state index in [4.69, 9.17) is 0 Å². The van der Waals surface area contributed by atoms with E-state index in [-0.39, 0.29) is 18.0 Å². The number of rotatable bonds is 6. The molecule has 0 saturated carbocycles. The highest BCUT2D eigenvalue weighted by molar-refractivity contribution is 5.94. The van der Waals surface area contributed by atoms with Gasteiger partial charge in [0, 0.05) is 49.4 Å². The molecule has 1 aliphatic heterocycles. The second kappa shape index (κ2) is 8.62. The molecule has 2 N–H and O–H groups in total. The van der Waals surface area contributed by atoms with Crippen LogP contribution in [0.2, 0.25) is 0 Å². The summed E-state index contributed by atoms with van der Waals surface area (Å²) in [7, 11) is 1.93. The van der Waals surface area contributed by atoms with Gasteiger partial charge in [0.2, 0.25) is 5.91 Å². The van der Waals surface area contributed by atoms with E-state index in [2.05, 4.69) is 51.0 Å². The fourth-order valence-electron chi connectivity index (χ4n) is 4.07. The molecule has 30 heavy (non-hydrogen) atoms. The molecule has 0 spiro atoms. The topological polar surface area (TPSA) is 88.0 Å². The molecule has 2 aromatic heterocycles. The molecule has 1 aliphatic rings. The highest BCUT2D eigenvalue weighted by Gasteiger charge is 2.32. The standard InChI is InChI=1S/C22H27N7O/c1-15-10-20(27-22-13-24-6-7-25-22)19-11-17(4-5-21(19)29(15)16(2)30)18-12-26-28(14-18)9-8-23-3/h4-7,11-15,20,23H,8-10H2,1-3H3,(H,25,27). The molecule has 0 saturated heterocycles. The van der Waals surface area contributed by atoms with E-state index in [1.807, 2.05) is 28.9 Å². The van der Waals surface area contributed by atoms with Gasteiger partial charge in [-0.15, -0.1) is 0 Å². The zero-order valence-corrected chi connectivity index (χ0v) is 17.5. The number of carbonyl (C=O) groups is 1. The first-order valence-corrected chi connectivity index (χ1v) is 10.2. The molecular weight excluding hydrogens is 378 g/mol. The van der Waals surface area contributed by atoms with Gasteiger partial charge in [0.25, 0.3) is 0 Å². The number of fused-ring (bicyclic) bond motifs is 1. The second-order valence-corrected chi connectivity index (χ2v) is 7.63. The van der Waals surface area contributed by atoms with Crippen molar-refractivity contribution in [3.63, 3.8) is 0 Å². The van der Waals surface area contributed by atoms with Crippen LogP contribution in [0.15, 0.2) is 49.2 Å². The minimum absolute atomic E-state index is 0.0292. The van der Waals surface area contributed by atoms with Crippen LogP contribution in [0.3, 0.4) is 0 Å². The molecular formula is C22H27N7O. The Morgan fingerprint density at radius 3 is 2.83 bits per heavy atom. The summed E-state index contributed by atoms with van der Waals surface area (Å²) in [6, 6.07) is 6.37. The summed E-state index contributed by atoms with van der Waals surface area (Å²) in [5.74, 6) is 0.775. The van der Waals surface area contributed by atoms with Crippen LogP contribution in [0.4, 0.5) is 11.5 Å². The van der Waals surface area contributed by atoms with Gasteiger partial charge in [-0.1, -0.05) is 6.07 Å². The lowest BCUT2D eigenvalue weighted by molar-refractivity contribution is -0.117. The molecule has 3 heterocycles. The molecule has 0 aliphatic carbocycles. The Kier molecular flexibility index (Phi) is 5.76. The van der Waals surface area contributed by atoms with E-state index in [0.29, 0.717) is 0 Å². The number of hydrogen-bond acceptors (Lipinski definition) is 6. The first-order valence-electron chi connectivity index (χ1n) is 10.2. The summed E-state index contributed by atoms with van der Waals surface area (Å²) in [4.78, 5) is 22.8. The van der Waals surface area contributed by atoms with E-state index in [0.717, 1.165) is 47.7 Å². The SMILES string of the molecule is CNCCn1cc(-c2ccc3c(c2)C(Nc2cnccn2)CC(C)N3C(C)=O)cn1. The Morgan fingerprint density at radius 2 is 2.10 bits per heavy atom. The van der Waals surface area contributed by atoms with Crippen molar-refractivity contribution in [2.75, 3.05) is 23.8 Å². The monoisotopic (exact) mass is 405 g/mol. The summed E-state index contributed by atoms with van der Waals surface area (Å²) < 4.78 is 1.94. The van der Waals surface area contributed by atoms with E-state index in [1.54, 1.807) is 25.5 Å². The molecule has 2 atom stereocenters. The van der Waals surface area contributed by atoms with Crippen molar-refractivity contribution < 1.29 is 4.79 Å². The normalized spacial score (nSPS) is 18.2. The third-order valence-electron chi connectivity index (χ3n) is 5.46. The fourth-order valence-corrected chi connectivity index (χ4v) is 4.07. The maximum atomic E-state index is 12.4. The van der Waals surface area contributed by atoms with Crippen LogP contribution in [-0.2, 0) is 11.3 Å². The third kappa shape index (κ3) is 4.04. The molecule has 0 radical (unpaired) electrons. The number of anilines is 2. The van der Waals surface area contributed by atoms with E-state index in [9.17, 15) is 4.79 Å². The van der Waals surface area contributed by atoms with Crippen LogP contribution in [-0.4, -0.2) is 45.3 Å². The Balaban J connectivity index is 1.71. The van der Waals surface area contributed by atoms with Crippen molar-refractivity contribution in [2.45, 2.75) is 38.9 Å². The Bertz CT molecular complexity index is 1020. The van der Waals surface area contributed by atoms with Crippen LogP contribution in [0.1, 0.15) is 31.9 Å². The summed E-state index contributed by atoms with van der Waals surface area (Å²) in [6.45, 7) is 5.38. The summed E-state index contributed by atoms with van der Waals surface area (Å²) >= 11 is 0. The van der Waals surface area contributed by atoms with Crippen LogP contribution in [0, 0.1) is 0 Å². The molecule has 0 fully saturated rings. The molecule has 0 bridgehead atoms. The number of carbonyl (C=O) groups excluding carboxylic acids is 1. The van der Waals surface area contributed by atoms with Gasteiger partial charge in [-0.2, -0.15) is 5.10 Å². The molecule has 8 nitrogen and oxygen atoms in total. The van der Waals surface area contributed by atoms with Crippen molar-refractivity contribution in [2.24, 2.45) is 0 Å².